The number of benzene rings is 1. The third-order valence-electron chi connectivity index (χ3n) is 3.43. The van der Waals surface area contributed by atoms with Gasteiger partial charge in [-0.3, -0.25) is 0 Å². The minimum absolute atomic E-state index is 0.362. The lowest BCUT2D eigenvalue weighted by atomic mass is 9.93. The fourth-order valence-corrected chi connectivity index (χ4v) is 3.27. The summed E-state index contributed by atoms with van der Waals surface area (Å²) in [6.45, 7) is 8.81. The fourth-order valence-electron chi connectivity index (χ4n) is 2.49. The molecule has 3 heteroatoms. The van der Waals surface area contributed by atoms with Crippen LogP contribution in [0.5, 0.6) is 0 Å². The van der Waals surface area contributed by atoms with Crippen molar-refractivity contribution in [2.45, 2.75) is 32.1 Å². The molecule has 0 radical (unpaired) electrons. The molecule has 96 valence electrons. The molecule has 1 aromatic carbocycles. The van der Waals surface area contributed by atoms with Crippen LogP contribution in [0.2, 0.25) is 0 Å². The first kappa shape index (κ1) is 13.3. The molecule has 1 fully saturated rings. The van der Waals surface area contributed by atoms with Gasteiger partial charge in [0.1, 0.15) is 6.07 Å². The van der Waals surface area contributed by atoms with E-state index in [1.807, 2.05) is 0 Å². The molecule has 0 aromatic heterocycles. The smallest absolute Gasteiger partial charge is 0.103 e. The average Bonchev–Trinajstić information content (AvgIpc) is 2.70. The third kappa shape index (κ3) is 2.64. The van der Waals surface area contributed by atoms with Crippen molar-refractivity contribution in [2.24, 2.45) is 5.41 Å². The Morgan fingerprint density at radius 1 is 1.44 bits per heavy atom. The highest BCUT2D eigenvalue weighted by Gasteiger charge is 2.30. The summed E-state index contributed by atoms with van der Waals surface area (Å²) < 4.78 is 0. The number of hydrogen-bond acceptors (Lipinski definition) is 3. The summed E-state index contributed by atoms with van der Waals surface area (Å²) in [7, 11) is 0. The van der Waals surface area contributed by atoms with Crippen molar-refractivity contribution in [3.8, 4) is 6.07 Å². The molecule has 0 unspecified atom stereocenters. The zero-order chi connectivity index (χ0) is 13.2. The first-order valence-corrected chi connectivity index (χ1v) is 7.47. The average molecular weight is 260 g/mol. The molecule has 0 N–H and O–H groups in total. The summed E-state index contributed by atoms with van der Waals surface area (Å²) in [5, 5.41) is 9.43. The maximum atomic E-state index is 9.43. The second kappa shape index (κ2) is 5.24. The van der Waals surface area contributed by atoms with Crippen LogP contribution in [0.1, 0.15) is 32.8 Å². The van der Waals surface area contributed by atoms with Gasteiger partial charge in [0.15, 0.2) is 0 Å². The van der Waals surface area contributed by atoms with Crippen LogP contribution in [0.25, 0.3) is 0 Å². The van der Waals surface area contributed by atoms with Gasteiger partial charge in [0.05, 0.1) is 11.3 Å². The predicted molar refractivity (Wildman–Crippen MR) is 78.2 cm³/mol. The topological polar surface area (TPSA) is 27.0 Å². The van der Waals surface area contributed by atoms with E-state index in [-0.39, 0.29) is 0 Å². The van der Waals surface area contributed by atoms with Crippen LogP contribution in [0.3, 0.4) is 0 Å². The van der Waals surface area contributed by atoms with E-state index >= 15 is 0 Å². The molecule has 1 aromatic rings. The number of thioether (sulfide) groups is 1. The van der Waals surface area contributed by atoms with E-state index in [1.54, 1.807) is 11.8 Å². The highest BCUT2D eigenvalue weighted by atomic mass is 32.2. The van der Waals surface area contributed by atoms with Crippen LogP contribution >= 0.6 is 11.8 Å². The molecule has 1 heterocycles. The van der Waals surface area contributed by atoms with Gasteiger partial charge in [0.2, 0.25) is 0 Å². The summed E-state index contributed by atoms with van der Waals surface area (Å²) in [6, 6.07) is 8.60. The van der Waals surface area contributed by atoms with Crippen LogP contribution in [0, 0.1) is 16.7 Å². The van der Waals surface area contributed by atoms with Crippen molar-refractivity contribution >= 4 is 17.4 Å². The molecular formula is C15H20N2S. The zero-order valence-electron chi connectivity index (χ0n) is 11.4. The van der Waals surface area contributed by atoms with Crippen molar-refractivity contribution in [1.82, 2.24) is 0 Å². The van der Waals surface area contributed by atoms with E-state index in [0.29, 0.717) is 5.41 Å². The van der Waals surface area contributed by atoms with Crippen molar-refractivity contribution in [3.05, 3.63) is 23.8 Å². The Morgan fingerprint density at radius 3 is 2.78 bits per heavy atom. The largest absolute Gasteiger partial charge is 0.370 e. The molecule has 0 amide bonds. The van der Waals surface area contributed by atoms with Crippen LogP contribution in [-0.2, 0) is 0 Å². The first-order valence-electron chi connectivity index (χ1n) is 6.48. The lowest BCUT2D eigenvalue weighted by Crippen LogP contribution is -2.23. The Bertz CT molecular complexity index is 474. The summed E-state index contributed by atoms with van der Waals surface area (Å²) in [5.41, 5.74) is 2.32. The molecule has 1 aliphatic rings. The normalized spacial score (nSPS) is 17.8. The Labute approximate surface area is 114 Å². The lowest BCUT2D eigenvalue weighted by molar-refractivity contribution is 0.418. The molecule has 0 saturated carbocycles. The maximum absolute atomic E-state index is 9.43. The Kier molecular flexibility index (Phi) is 3.87. The van der Waals surface area contributed by atoms with Gasteiger partial charge >= 0.3 is 0 Å². The molecule has 1 saturated heterocycles. The van der Waals surface area contributed by atoms with Crippen LogP contribution in [-0.4, -0.2) is 18.8 Å². The number of nitriles is 1. The second-order valence-electron chi connectivity index (χ2n) is 5.53. The van der Waals surface area contributed by atoms with Crippen LogP contribution in [0.15, 0.2) is 23.1 Å². The first-order chi connectivity index (χ1) is 8.57. The van der Waals surface area contributed by atoms with Crippen LogP contribution < -0.4 is 4.90 Å². The van der Waals surface area contributed by atoms with Gasteiger partial charge in [-0.25, -0.2) is 0 Å². The highest BCUT2D eigenvalue weighted by Crippen LogP contribution is 2.36. The number of anilines is 1. The SMILES string of the molecule is CCSc1cccc(N2CCC(C)(C)C2)c1C#N. The summed E-state index contributed by atoms with van der Waals surface area (Å²) in [6.07, 6.45) is 1.20. The molecule has 2 nitrogen and oxygen atoms in total. The monoisotopic (exact) mass is 260 g/mol. The van der Waals surface area contributed by atoms with Gasteiger partial charge in [-0.2, -0.15) is 5.26 Å². The van der Waals surface area contributed by atoms with Gasteiger partial charge < -0.3 is 4.90 Å². The Balaban J connectivity index is 2.34. The Morgan fingerprint density at radius 2 is 2.22 bits per heavy atom. The standard InChI is InChI=1S/C15H20N2S/c1-4-18-14-7-5-6-13(12(14)10-16)17-9-8-15(2,3)11-17/h5-7H,4,8-9,11H2,1-3H3. The van der Waals surface area contributed by atoms with E-state index in [1.165, 1.54) is 6.42 Å². The summed E-state index contributed by atoms with van der Waals surface area (Å²) in [4.78, 5) is 3.47. The van der Waals surface area contributed by atoms with Gasteiger partial charge in [-0.1, -0.05) is 26.8 Å². The van der Waals surface area contributed by atoms with Crippen molar-refractivity contribution in [3.63, 3.8) is 0 Å². The predicted octanol–water partition coefficient (Wildman–Crippen LogP) is 3.91. The van der Waals surface area contributed by atoms with E-state index in [4.69, 9.17) is 0 Å². The van der Waals surface area contributed by atoms with Crippen molar-refractivity contribution < 1.29 is 0 Å². The molecule has 2 rings (SSSR count). The molecule has 1 aliphatic heterocycles. The summed E-state index contributed by atoms with van der Waals surface area (Å²) in [5.74, 6) is 1.00. The highest BCUT2D eigenvalue weighted by molar-refractivity contribution is 7.99. The second-order valence-corrected chi connectivity index (χ2v) is 6.84. The maximum Gasteiger partial charge on any atom is 0.103 e. The number of rotatable bonds is 3. The Hall–Kier alpha value is -1.14. The van der Waals surface area contributed by atoms with E-state index < -0.39 is 0 Å². The molecule has 0 aliphatic carbocycles. The van der Waals surface area contributed by atoms with Gasteiger partial charge in [0, 0.05) is 18.0 Å². The summed E-state index contributed by atoms with van der Waals surface area (Å²) >= 11 is 1.75. The minimum atomic E-state index is 0.362. The molecule has 0 atom stereocenters. The van der Waals surface area contributed by atoms with Crippen molar-refractivity contribution in [1.29, 1.82) is 5.26 Å². The fraction of sp³-hybridized carbons (Fsp3) is 0.533. The van der Waals surface area contributed by atoms with Gasteiger partial charge in [-0.15, -0.1) is 11.8 Å². The molecule has 18 heavy (non-hydrogen) atoms. The van der Waals surface area contributed by atoms with Crippen molar-refractivity contribution in [2.75, 3.05) is 23.7 Å². The molecular weight excluding hydrogens is 240 g/mol. The quantitative estimate of drug-likeness (QED) is 0.771. The van der Waals surface area contributed by atoms with Gasteiger partial charge in [-0.05, 0) is 29.7 Å². The van der Waals surface area contributed by atoms with E-state index in [0.717, 1.165) is 35.0 Å². The number of nitrogens with zero attached hydrogens (tertiary/aromatic N) is 2. The van der Waals surface area contributed by atoms with Gasteiger partial charge in [0.25, 0.3) is 0 Å². The number of hydrogen-bond donors (Lipinski definition) is 0. The molecule has 0 spiro atoms. The van der Waals surface area contributed by atoms with E-state index in [9.17, 15) is 5.26 Å². The third-order valence-corrected chi connectivity index (χ3v) is 4.37. The van der Waals surface area contributed by atoms with Crippen LogP contribution in [0.4, 0.5) is 5.69 Å². The lowest BCUT2D eigenvalue weighted by Gasteiger charge is -2.23. The minimum Gasteiger partial charge on any atom is -0.370 e. The van der Waals surface area contributed by atoms with E-state index in [2.05, 4.69) is 49.9 Å². The molecule has 0 bridgehead atoms. The zero-order valence-corrected chi connectivity index (χ0v) is 12.2.